The van der Waals surface area contributed by atoms with Crippen molar-refractivity contribution in [1.29, 1.82) is 0 Å². The Morgan fingerprint density at radius 2 is 1.78 bits per heavy atom. The maximum Gasteiger partial charge on any atom is 0.143 e. The van der Waals surface area contributed by atoms with Crippen LogP contribution in [0.15, 0.2) is 23.3 Å². The number of aldehydes is 1. The number of rotatable bonds is 2. The zero-order valence-electron chi connectivity index (χ0n) is 6.14. The highest BCUT2D eigenvalue weighted by molar-refractivity contribution is 5.66. The Balaban J connectivity index is 4.05. The Morgan fingerprint density at radius 3 is 2.11 bits per heavy atom. The molecule has 9 heavy (non-hydrogen) atoms. The van der Waals surface area contributed by atoms with Gasteiger partial charge in [0, 0.05) is 0 Å². The van der Waals surface area contributed by atoms with Crippen molar-refractivity contribution < 1.29 is 4.79 Å². The molecular weight excluding hydrogens is 112 g/mol. The summed E-state index contributed by atoms with van der Waals surface area (Å²) in [4.78, 5) is 9.89. The van der Waals surface area contributed by atoms with E-state index in [9.17, 15) is 4.79 Å². The summed E-state index contributed by atoms with van der Waals surface area (Å²) in [6.45, 7) is 5.91. The molecule has 0 saturated heterocycles. The molecule has 50 valence electrons. The molecule has 0 aliphatic rings. The van der Waals surface area contributed by atoms with Crippen molar-refractivity contribution in [2.75, 3.05) is 0 Å². The first-order chi connectivity index (χ1) is 4.16. The lowest BCUT2D eigenvalue weighted by atomic mass is 10.2. The fourth-order valence-electron chi connectivity index (χ4n) is 0.611. The van der Waals surface area contributed by atoms with Crippen molar-refractivity contribution >= 4 is 6.29 Å². The number of carbonyl (C=O) groups is 1. The Morgan fingerprint density at radius 1 is 1.22 bits per heavy atom. The minimum atomic E-state index is 0.800. The zero-order valence-corrected chi connectivity index (χ0v) is 6.14. The maximum atomic E-state index is 9.89. The average Bonchev–Trinajstić information content (AvgIpc) is 1.63. The molecule has 0 rings (SSSR count). The van der Waals surface area contributed by atoms with Gasteiger partial charge in [0.05, 0.1) is 0 Å². The standard InChI is InChI=1S/C8H12O/c1-7(2)6-8(3)4-5-9/h4-6H,1-3H3. The van der Waals surface area contributed by atoms with Crippen LogP contribution in [0.5, 0.6) is 0 Å². The molecule has 0 saturated carbocycles. The lowest BCUT2D eigenvalue weighted by Crippen LogP contribution is -1.71. The third-order valence-electron chi connectivity index (χ3n) is 0.847. The smallest absolute Gasteiger partial charge is 0.143 e. The second-order valence-electron chi connectivity index (χ2n) is 2.27. The third kappa shape index (κ3) is 5.01. The lowest BCUT2D eigenvalue weighted by molar-refractivity contribution is -0.104. The second-order valence-corrected chi connectivity index (χ2v) is 2.27. The average molecular weight is 124 g/mol. The monoisotopic (exact) mass is 124 g/mol. The first-order valence-electron chi connectivity index (χ1n) is 2.94. The topological polar surface area (TPSA) is 17.1 Å². The third-order valence-corrected chi connectivity index (χ3v) is 0.847. The van der Waals surface area contributed by atoms with E-state index in [1.165, 1.54) is 5.57 Å². The molecule has 0 aromatic rings. The van der Waals surface area contributed by atoms with Crippen LogP contribution in [-0.2, 0) is 4.79 Å². The molecule has 0 unspecified atom stereocenters. The summed E-state index contributed by atoms with van der Waals surface area (Å²) >= 11 is 0. The van der Waals surface area contributed by atoms with Crippen LogP contribution in [0.4, 0.5) is 0 Å². The van der Waals surface area contributed by atoms with Gasteiger partial charge < -0.3 is 0 Å². The van der Waals surface area contributed by atoms with Crippen molar-refractivity contribution in [3.05, 3.63) is 23.3 Å². The minimum Gasteiger partial charge on any atom is -0.299 e. The van der Waals surface area contributed by atoms with Crippen LogP contribution in [0, 0.1) is 0 Å². The normalized spacial score (nSPS) is 10.8. The van der Waals surface area contributed by atoms with Crippen LogP contribution in [0.1, 0.15) is 20.8 Å². The number of hydrogen-bond acceptors (Lipinski definition) is 1. The Bertz CT molecular complexity index is 148. The van der Waals surface area contributed by atoms with Gasteiger partial charge in [-0.25, -0.2) is 0 Å². The molecule has 0 bridgehead atoms. The predicted molar refractivity (Wildman–Crippen MR) is 39.3 cm³/mol. The number of carbonyl (C=O) groups excluding carboxylic acids is 1. The fraction of sp³-hybridized carbons (Fsp3) is 0.375. The van der Waals surface area contributed by atoms with Gasteiger partial charge in [-0.3, -0.25) is 4.79 Å². The van der Waals surface area contributed by atoms with E-state index in [0.717, 1.165) is 11.9 Å². The first kappa shape index (κ1) is 8.15. The molecular formula is C8H12O. The first-order valence-corrected chi connectivity index (χ1v) is 2.94. The molecule has 0 atom stereocenters. The summed E-state index contributed by atoms with van der Waals surface area (Å²) in [6, 6.07) is 0. The van der Waals surface area contributed by atoms with Gasteiger partial charge in [0.2, 0.25) is 0 Å². The number of allylic oxidation sites excluding steroid dienone is 4. The van der Waals surface area contributed by atoms with Crippen LogP contribution in [0.2, 0.25) is 0 Å². The molecule has 1 heteroatoms. The molecule has 1 nitrogen and oxygen atoms in total. The minimum absolute atomic E-state index is 0.800. The van der Waals surface area contributed by atoms with E-state index < -0.39 is 0 Å². The van der Waals surface area contributed by atoms with Crippen molar-refractivity contribution in [2.45, 2.75) is 20.8 Å². The summed E-state index contributed by atoms with van der Waals surface area (Å²) in [6.07, 6.45) is 4.32. The Kier molecular flexibility index (Phi) is 3.69. The van der Waals surface area contributed by atoms with E-state index in [1.807, 2.05) is 26.8 Å². The number of hydrogen-bond donors (Lipinski definition) is 0. The molecule has 0 aliphatic carbocycles. The lowest BCUT2D eigenvalue weighted by Gasteiger charge is -1.88. The zero-order chi connectivity index (χ0) is 7.28. The van der Waals surface area contributed by atoms with E-state index in [0.29, 0.717) is 0 Å². The SMILES string of the molecule is CC(C)=CC(C)=CC=O. The van der Waals surface area contributed by atoms with Gasteiger partial charge in [-0.1, -0.05) is 11.6 Å². The van der Waals surface area contributed by atoms with Gasteiger partial charge in [0.1, 0.15) is 6.29 Å². The van der Waals surface area contributed by atoms with Gasteiger partial charge >= 0.3 is 0 Å². The largest absolute Gasteiger partial charge is 0.299 e. The van der Waals surface area contributed by atoms with Crippen LogP contribution in [0.25, 0.3) is 0 Å². The van der Waals surface area contributed by atoms with Crippen LogP contribution in [-0.4, -0.2) is 6.29 Å². The van der Waals surface area contributed by atoms with Gasteiger partial charge in [0.25, 0.3) is 0 Å². The van der Waals surface area contributed by atoms with Crippen molar-refractivity contribution in [1.82, 2.24) is 0 Å². The summed E-state index contributed by atoms with van der Waals surface area (Å²) in [7, 11) is 0. The van der Waals surface area contributed by atoms with Crippen molar-refractivity contribution in [3.63, 3.8) is 0 Å². The molecule has 0 aliphatic heterocycles. The van der Waals surface area contributed by atoms with E-state index in [-0.39, 0.29) is 0 Å². The van der Waals surface area contributed by atoms with Crippen LogP contribution >= 0.6 is 0 Å². The molecule has 0 N–H and O–H groups in total. The predicted octanol–water partition coefficient (Wildman–Crippen LogP) is 2.10. The highest BCUT2D eigenvalue weighted by atomic mass is 16.1. The molecule has 0 aromatic carbocycles. The highest BCUT2D eigenvalue weighted by Crippen LogP contribution is 1.98. The Hall–Kier alpha value is -0.850. The van der Waals surface area contributed by atoms with E-state index in [4.69, 9.17) is 0 Å². The molecule has 0 heterocycles. The molecule has 0 spiro atoms. The second kappa shape index (κ2) is 4.07. The van der Waals surface area contributed by atoms with E-state index in [2.05, 4.69) is 0 Å². The molecule has 0 amide bonds. The van der Waals surface area contributed by atoms with Crippen LogP contribution in [0.3, 0.4) is 0 Å². The van der Waals surface area contributed by atoms with Crippen molar-refractivity contribution in [2.24, 2.45) is 0 Å². The summed E-state index contributed by atoms with van der Waals surface area (Å²) in [5.41, 5.74) is 2.22. The van der Waals surface area contributed by atoms with Gasteiger partial charge in [-0.15, -0.1) is 0 Å². The van der Waals surface area contributed by atoms with Gasteiger partial charge in [0.15, 0.2) is 0 Å². The summed E-state index contributed by atoms with van der Waals surface area (Å²) in [5, 5.41) is 0. The maximum absolute atomic E-state index is 9.89. The van der Waals surface area contributed by atoms with Crippen LogP contribution < -0.4 is 0 Å². The Labute approximate surface area is 56.1 Å². The fourth-order valence-corrected chi connectivity index (χ4v) is 0.611. The van der Waals surface area contributed by atoms with E-state index >= 15 is 0 Å². The van der Waals surface area contributed by atoms with Crippen molar-refractivity contribution in [3.8, 4) is 0 Å². The quantitative estimate of drug-likeness (QED) is 0.313. The summed E-state index contributed by atoms with van der Waals surface area (Å²) in [5.74, 6) is 0. The summed E-state index contributed by atoms with van der Waals surface area (Å²) < 4.78 is 0. The van der Waals surface area contributed by atoms with Gasteiger partial charge in [-0.05, 0) is 32.4 Å². The van der Waals surface area contributed by atoms with E-state index in [1.54, 1.807) is 6.08 Å². The van der Waals surface area contributed by atoms with Gasteiger partial charge in [-0.2, -0.15) is 0 Å². The molecule has 0 fully saturated rings. The molecule has 0 radical (unpaired) electrons. The molecule has 0 aromatic heterocycles. The highest BCUT2D eigenvalue weighted by Gasteiger charge is 1.79.